The standard InChI is InChI=1S/C28H35N5OS/c34-27(8-3-5-21-9-11-26(12-10-21)33-14-1-2-15-33)31-24-6-4-7-25(17-24)32-28-29-18-23(19-30-28)22-13-16-35-20-22/h4,6-7,13,16-21,26H,1-3,5,8-12,14-15H2,(H,31,34)(H,29,30,32). The highest BCUT2D eigenvalue weighted by atomic mass is 32.1. The zero-order valence-corrected chi connectivity index (χ0v) is 21.1. The van der Waals surface area contributed by atoms with Crippen molar-refractivity contribution in [3.8, 4) is 11.1 Å². The van der Waals surface area contributed by atoms with Gasteiger partial charge < -0.3 is 15.5 Å². The Morgan fingerprint density at radius 1 is 1.00 bits per heavy atom. The Morgan fingerprint density at radius 2 is 1.77 bits per heavy atom. The number of rotatable bonds is 9. The molecule has 2 aliphatic rings. The van der Waals surface area contributed by atoms with E-state index in [9.17, 15) is 4.79 Å². The average Bonchev–Trinajstić information content (AvgIpc) is 3.60. The van der Waals surface area contributed by atoms with Crippen molar-refractivity contribution in [2.45, 2.75) is 63.8 Å². The highest BCUT2D eigenvalue weighted by molar-refractivity contribution is 7.08. The second-order valence-corrected chi connectivity index (χ2v) is 10.7. The lowest BCUT2D eigenvalue weighted by atomic mass is 9.82. The predicted octanol–water partition coefficient (Wildman–Crippen LogP) is 6.71. The molecule has 35 heavy (non-hydrogen) atoms. The molecule has 1 aromatic carbocycles. The van der Waals surface area contributed by atoms with E-state index >= 15 is 0 Å². The third kappa shape index (κ3) is 6.67. The van der Waals surface area contributed by atoms with Crippen molar-refractivity contribution in [2.24, 2.45) is 5.92 Å². The molecule has 0 bridgehead atoms. The number of likely N-dealkylation sites (tertiary alicyclic amines) is 1. The van der Waals surface area contributed by atoms with Crippen molar-refractivity contribution in [1.82, 2.24) is 14.9 Å². The number of hydrogen-bond donors (Lipinski definition) is 2. The van der Waals surface area contributed by atoms with Crippen molar-refractivity contribution in [2.75, 3.05) is 23.7 Å². The summed E-state index contributed by atoms with van der Waals surface area (Å²) >= 11 is 1.66. The maximum absolute atomic E-state index is 12.5. The molecule has 5 rings (SSSR count). The van der Waals surface area contributed by atoms with Crippen LogP contribution in [0.3, 0.4) is 0 Å². The number of hydrogen-bond acceptors (Lipinski definition) is 6. The first-order valence-corrected chi connectivity index (χ1v) is 13.9. The quantitative estimate of drug-likeness (QED) is 0.349. The normalized spacial score (nSPS) is 20.6. The van der Waals surface area contributed by atoms with Gasteiger partial charge in [0.15, 0.2) is 0 Å². The number of nitrogens with one attached hydrogen (secondary N) is 2. The van der Waals surface area contributed by atoms with Gasteiger partial charge in [-0.15, -0.1) is 0 Å². The van der Waals surface area contributed by atoms with E-state index in [1.165, 1.54) is 58.0 Å². The summed E-state index contributed by atoms with van der Waals surface area (Å²) in [5, 5.41) is 10.4. The van der Waals surface area contributed by atoms with Gasteiger partial charge in [0, 0.05) is 41.8 Å². The van der Waals surface area contributed by atoms with Gasteiger partial charge >= 0.3 is 0 Å². The molecule has 1 saturated carbocycles. The van der Waals surface area contributed by atoms with Crippen molar-refractivity contribution in [3.05, 3.63) is 53.5 Å². The summed E-state index contributed by atoms with van der Waals surface area (Å²) in [6, 6.07) is 10.6. The van der Waals surface area contributed by atoms with E-state index in [-0.39, 0.29) is 5.91 Å². The highest BCUT2D eigenvalue weighted by Gasteiger charge is 2.27. The third-order valence-electron chi connectivity index (χ3n) is 7.40. The Balaban J connectivity index is 1.04. The smallest absolute Gasteiger partial charge is 0.227 e. The Kier molecular flexibility index (Phi) is 8.06. The van der Waals surface area contributed by atoms with Crippen LogP contribution >= 0.6 is 11.3 Å². The van der Waals surface area contributed by atoms with Crippen LogP contribution in [0.2, 0.25) is 0 Å². The fourth-order valence-corrected chi connectivity index (χ4v) is 6.12. The fraction of sp³-hybridized carbons (Fsp3) is 0.464. The Labute approximate surface area is 212 Å². The van der Waals surface area contributed by atoms with Crippen LogP contribution in [0.4, 0.5) is 17.3 Å². The van der Waals surface area contributed by atoms with E-state index in [0.717, 1.165) is 40.9 Å². The Morgan fingerprint density at radius 3 is 2.51 bits per heavy atom. The molecule has 1 saturated heterocycles. The molecule has 2 aromatic heterocycles. The SMILES string of the molecule is O=C(CCCC1CCC(N2CCCC2)CC1)Nc1cccc(Nc2ncc(-c3ccsc3)cn2)c1. The van der Waals surface area contributed by atoms with E-state index in [2.05, 4.69) is 36.9 Å². The zero-order chi connectivity index (χ0) is 23.9. The summed E-state index contributed by atoms with van der Waals surface area (Å²) in [7, 11) is 0. The lowest BCUT2D eigenvalue weighted by Gasteiger charge is -2.34. The van der Waals surface area contributed by atoms with Crippen molar-refractivity contribution >= 4 is 34.6 Å². The maximum Gasteiger partial charge on any atom is 0.227 e. The van der Waals surface area contributed by atoms with Gasteiger partial charge in [-0.3, -0.25) is 4.79 Å². The molecule has 0 unspecified atom stereocenters. The van der Waals surface area contributed by atoms with E-state index < -0.39 is 0 Å². The topological polar surface area (TPSA) is 70.2 Å². The molecule has 3 aromatic rings. The molecular weight excluding hydrogens is 454 g/mol. The van der Waals surface area contributed by atoms with Gasteiger partial charge in [-0.05, 0) is 111 Å². The van der Waals surface area contributed by atoms with Gasteiger partial charge in [0.2, 0.25) is 11.9 Å². The molecule has 6 nitrogen and oxygen atoms in total. The summed E-state index contributed by atoms with van der Waals surface area (Å²) in [6.45, 7) is 2.61. The number of carbonyl (C=O) groups excluding carboxylic acids is 1. The maximum atomic E-state index is 12.5. The monoisotopic (exact) mass is 489 g/mol. The highest BCUT2D eigenvalue weighted by Crippen LogP contribution is 2.32. The van der Waals surface area contributed by atoms with E-state index in [4.69, 9.17) is 0 Å². The van der Waals surface area contributed by atoms with E-state index in [0.29, 0.717) is 12.4 Å². The van der Waals surface area contributed by atoms with Crippen LogP contribution in [-0.4, -0.2) is 39.9 Å². The fourth-order valence-electron chi connectivity index (χ4n) is 5.45. The lowest BCUT2D eigenvalue weighted by molar-refractivity contribution is -0.116. The molecule has 184 valence electrons. The van der Waals surface area contributed by atoms with Crippen LogP contribution < -0.4 is 10.6 Å². The summed E-state index contributed by atoms with van der Waals surface area (Å²) in [5.41, 5.74) is 3.76. The van der Waals surface area contributed by atoms with Crippen molar-refractivity contribution in [1.29, 1.82) is 0 Å². The van der Waals surface area contributed by atoms with Crippen LogP contribution in [0.15, 0.2) is 53.5 Å². The minimum Gasteiger partial charge on any atom is -0.326 e. The van der Waals surface area contributed by atoms with Gasteiger partial charge in [0.1, 0.15) is 0 Å². The largest absolute Gasteiger partial charge is 0.326 e. The second kappa shape index (κ2) is 11.8. The second-order valence-electron chi connectivity index (χ2n) is 9.87. The predicted molar refractivity (Wildman–Crippen MR) is 144 cm³/mol. The molecule has 1 amide bonds. The first-order valence-electron chi connectivity index (χ1n) is 13.0. The van der Waals surface area contributed by atoms with E-state index in [1.807, 2.05) is 42.0 Å². The summed E-state index contributed by atoms with van der Waals surface area (Å²) in [5.74, 6) is 1.41. The molecule has 2 fully saturated rings. The molecule has 7 heteroatoms. The number of carbonyl (C=O) groups is 1. The molecule has 0 spiro atoms. The molecule has 2 N–H and O–H groups in total. The van der Waals surface area contributed by atoms with Crippen molar-refractivity contribution < 1.29 is 4.79 Å². The van der Waals surface area contributed by atoms with Crippen LogP contribution in [0.5, 0.6) is 0 Å². The summed E-state index contributed by atoms with van der Waals surface area (Å²) in [6.07, 6.45) is 14.5. The third-order valence-corrected chi connectivity index (χ3v) is 8.08. The van der Waals surface area contributed by atoms with Gasteiger partial charge in [-0.25, -0.2) is 9.97 Å². The minimum absolute atomic E-state index is 0.0873. The molecule has 1 aliphatic heterocycles. The average molecular weight is 490 g/mol. The van der Waals surface area contributed by atoms with Crippen molar-refractivity contribution in [3.63, 3.8) is 0 Å². The molecule has 3 heterocycles. The molecular formula is C28H35N5OS. The van der Waals surface area contributed by atoms with Gasteiger partial charge in [-0.1, -0.05) is 6.07 Å². The number of anilines is 3. The van der Waals surface area contributed by atoms with Crippen LogP contribution in [0, 0.1) is 5.92 Å². The minimum atomic E-state index is 0.0873. The Hall–Kier alpha value is -2.77. The van der Waals surface area contributed by atoms with E-state index in [1.54, 1.807) is 11.3 Å². The molecule has 1 aliphatic carbocycles. The summed E-state index contributed by atoms with van der Waals surface area (Å²) in [4.78, 5) is 24.1. The first-order chi connectivity index (χ1) is 17.2. The number of thiophene rings is 1. The van der Waals surface area contributed by atoms with Crippen LogP contribution in [-0.2, 0) is 4.79 Å². The molecule has 0 atom stereocenters. The van der Waals surface area contributed by atoms with Gasteiger partial charge in [-0.2, -0.15) is 11.3 Å². The number of aromatic nitrogens is 2. The van der Waals surface area contributed by atoms with Crippen LogP contribution in [0.1, 0.15) is 57.8 Å². The first kappa shape index (κ1) is 23.9. The number of benzene rings is 1. The van der Waals surface area contributed by atoms with Gasteiger partial charge in [0.05, 0.1) is 0 Å². The lowest BCUT2D eigenvalue weighted by Crippen LogP contribution is -2.35. The van der Waals surface area contributed by atoms with Crippen LogP contribution in [0.25, 0.3) is 11.1 Å². The zero-order valence-electron chi connectivity index (χ0n) is 20.3. The summed E-state index contributed by atoms with van der Waals surface area (Å²) < 4.78 is 0. The molecule has 0 radical (unpaired) electrons. The number of amides is 1. The Bertz CT molecular complexity index is 1070. The van der Waals surface area contributed by atoms with Gasteiger partial charge in [0.25, 0.3) is 0 Å². The number of nitrogens with zero attached hydrogens (tertiary/aromatic N) is 3.